The van der Waals surface area contributed by atoms with Crippen molar-refractivity contribution < 1.29 is 93.3 Å². The van der Waals surface area contributed by atoms with Crippen LogP contribution in [0.4, 0.5) is 4.79 Å². The summed E-state index contributed by atoms with van der Waals surface area (Å²) in [6, 6.07) is -2.26. The summed E-state index contributed by atoms with van der Waals surface area (Å²) < 4.78 is 166. The van der Waals surface area contributed by atoms with Crippen molar-refractivity contribution in [1.29, 1.82) is 0 Å². The van der Waals surface area contributed by atoms with E-state index in [0.717, 1.165) is 0 Å². The SMILES string of the molecule is O=C([O-])O[C@@H]1C(OS(=O)(=O)[O-])COC[C@@H]1O[C@@H]1OC(COS(=O)(=O)[O-])CC(OS(=O)(=O)[O-])[C@@H]1NS(=O)(=O)[O-]. The van der Waals surface area contributed by atoms with Crippen LogP contribution < -0.4 is 9.83 Å². The zero-order valence-corrected chi connectivity index (χ0v) is 21.3. The summed E-state index contributed by atoms with van der Waals surface area (Å²) in [5.41, 5.74) is 0. The van der Waals surface area contributed by atoms with Crippen LogP contribution in [0.15, 0.2) is 0 Å². The van der Waals surface area contributed by atoms with E-state index in [1.54, 1.807) is 0 Å². The summed E-state index contributed by atoms with van der Waals surface area (Å²) in [5, 5.41) is 11.0. The third-order valence-corrected chi connectivity index (χ3v) is 6.47. The fraction of sp³-hybridized carbons (Fsp3) is 0.917. The Bertz CT molecular complexity index is 1260. The molecule has 2 saturated heterocycles. The molecule has 2 fully saturated rings. The van der Waals surface area contributed by atoms with Crippen LogP contribution in [-0.2, 0) is 73.0 Å². The quantitative estimate of drug-likeness (QED) is 0.118. The molecule has 2 rings (SSSR count). The monoisotopic (exact) mass is 638 g/mol. The molecule has 3 unspecified atom stereocenters. The first-order valence-corrected chi connectivity index (χ1v) is 14.9. The van der Waals surface area contributed by atoms with Gasteiger partial charge in [-0.1, -0.05) is 0 Å². The molecule has 22 nitrogen and oxygen atoms in total. The van der Waals surface area contributed by atoms with Gasteiger partial charge in [-0.3, -0.25) is 12.5 Å². The van der Waals surface area contributed by atoms with E-state index in [9.17, 15) is 61.8 Å². The second-order valence-electron chi connectivity index (χ2n) is 7.28. The van der Waals surface area contributed by atoms with E-state index < -0.39 is 117 Å². The van der Waals surface area contributed by atoms with E-state index in [1.165, 1.54) is 4.72 Å². The summed E-state index contributed by atoms with van der Waals surface area (Å²) in [5.74, 6) is 0. The fourth-order valence-electron chi connectivity index (χ4n) is 3.36. The molecular weight excluding hydrogens is 622 g/mol. The zero-order valence-electron chi connectivity index (χ0n) is 18.1. The predicted molar refractivity (Wildman–Crippen MR) is 101 cm³/mol. The maximum absolute atomic E-state index is 11.3. The first kappa shape index (κ1) is 32.8. The van der Waals surface area contributed by atoms with Gasteiger partial charge in [0.2, 0.25) is 31.2 Å². The lowest BCUT2D eigenvalue weighted by atomic mass is 10.0. The Morgan fingerprint density at radius 1 is 0.842 bits per heavy atom. The molecule has 2 aliphatic heterocycles. The van der Waals surface area contributed by atoms with Crippen LogP contribution in [0, 0.1) is 0 Å². The van der Waals surface area contributed by atoms with Crippen molar-refractivity contribution in [2.24, 2.45) is 0 Å². The highest BCUT2D eigenvalue weighted by molar-refractivity contribution is 7.83. The first-order chi connectivity index (χ1) is 17.1. The van der Waals surface area contributed by atoms with Crippen LogP contribution in [-0.4, -0.2) is 121 Å². The van der Waals surface area contributed by atoms with Crippen LogP contribution in [0.3, 0.4) is 0 Å². The predicted octanol–water partition coefficient (Wildman–Crippen LogP) is -6.17. The zero-order chi connectivity index (χ0) is 29.1. The average molecular weight is 639 g/mol. The number of rotatable bonds is 12. The Hall–Kier alpha value is -1.37. The molecule has 7 atom stereocenters. The van der Waals surface area contributed by atoms with E-state index in [2.05, 4.69) is 17.3 Å². The Balaban J connectivity index is 2.45. The molecule has 0 aromatic carbocycles. The molecule has 0 aromatic heterocycles. The number of nitrogens with one attached hydrogen (secondary N) is 1. The van der Waals surface area contributed by atoms with Crippen LogP contribution >= 0.6 is 0 Å². The molecule has 26 heteroatoms. The van der Waals surface area contributed by atoms with Gasteiger partial charge >= 0.3 is 0 Å². The van der Waals surface area contributed by atoms with E-state index in [0.29, 0.717) is 0 Å². The van der Waals surface area contributed by atoms with Gasteiger partial charge in [0, 0.05) is 6.42 Å². The number of carbonyl (C=O) groups excluding carboxylic acids is 1. The molecule has 1 N–H and O–H groups in total. The summed E-state index contributed by atoms with van der Waals surface area (Å²) in [6.45, 7) is -2.71. The number of carbonyl (C=O) groups is 1. The largest absolute Gasteiger partial charge is 0.735 e. The third kappa shape index (κ3) is 11.8. The highest BCUT2D eigenvalue weighted by atomic mass is 32.3. The van der Waals surface area contributed by atoms with Crippen molar-refractivity contribution >= 4 is 47.7 Å². The Labute approximate surface area is 214 Å². The summed E-state index contributed by atoms with van der Waals surface area (Å²) in [4.78, 5) is 11.0. The lowest BCUT2D eigenvalue weighted by molar-refractivity contribution is -0.314. The van der Waals surface area contributed by atoms with Gasteiger partial charge in [-0.2, -0.15) is 0 Å². The lowest BCUT2D eigenvalue weighted by Gasteiger charge is -2.45. The number of ether oxygens (including phenoxy) is 4. The van der Waals surface area contributed by atoms with Crippen molar-refractivity contribution in [3.8, 4) is 0 Å². The van der Waals surface area contributed by atoms with Crippen molar-refractivity contribution in [3.05, 3.63) is 0 Å². The Morgan fingerprint density at radius 2 is 1.39 bits per heavy atom. The van der Waals surface area contributed by atoms with Crippen LogP contribution in [0.5, 0.6) is 0 Å². The van der Waals surface area contributed by atoms with E-state index in [1.807, 2.05) is 0 Å². The third-order valence-electron chi connectivity index (χ3n) is 4.52. The summed E-state index contributed by atoms with van der Waals surface area (Å²) in [6.07, 6.45) is -15.5. The molecule has 2 aliphatic rings. The summed E-state index contributed by atoms with van der Waals surface area (Å²) >= 11 is 0. The molecule has 0 saturated carbocycles. The van der Waals surface area contributed by atoms with Gasteiger partial charge in [-0.15, -0.1) is 0 Å². The number of hydrogen-bond donors (Lipinski definition) is 1. The Morgan fingerprint density at radius 3 is 1.89 bits per heavy atom. The second kappa shape index (κ2) is 12.4. The van der Waals surface area contributed by atoms with Gasteiger partial charge in [-0.05, 0) is 0 Å². The standard InChI is InChI=1S/C12H21NO21S4/c14-12(15)32-10-7(3-28-4-8(10)34-38(25,26)27)31-11-9(13-35(16,17)18)6(33-37(22,23)24)1-5(30-11)2-29-36(19,20)21/h5-11,13H,1-4H2,(H,14,15)(H,16,17,18)(H,19,20,21)(H,22,23,24)(H,25,26,27)/p-5/t5?,6?,7-,8?,9-,10-,11-/m0/s1. The number of hydrogen-bond acceptors (Lipinski definition) is 21. The molecular formula is C12H16NO21S4-5. The molecule has 0 aromatic rings. The topological polar surface area (TPSA) is 346 Å². The maximum Gasteiger partial charge on any atom is 0.252 e. The first-order valence-electron chi connectivity index (χ1n) is 9.50. The van der Waals surface area contributed by atoms with Crippen LogP contribution in [0.2, 0.25) is 0 Å². The van der Waals surface area contributed by atoms with Gasteiger partial charge in [0.15, 0.2) is 16.6 Å². The van der Waals surface area contributed by atoms with Gasteiger partial charge in [0.1, 0.15) is 12.2 Å². The molecule has 0 radical (unpaired) electrons. The van der Waals surface area contributed by atoms with Crippen molar-refractivity contribution in [2.45, 2.75) is 49.3 Å². The molecule has 224 valence electrons. The molecule has 0 amide bonds. The summed E-state index contributed by atoms with van der Waals surface area (Å²) in [7, 11) is -22.1. The van der Waals surface area contributed by atoms with Crippen molar-refractivity contribution in [3.63, 3.8) is 0 Å². The van der Waals surface area contributed by atoms with Crippen LogP contribution in [0.25, 0.3) is 0 Å². The lowest BCUT2D eigenvalue weighted by Crippen LogP contribution is -2.62. The van der Waals surface area contributed by atoms with Gasteiger partial charge in [0.05, 0.1) is 44.2 Å². The van der Waals surface area contributed by atoms with E-state index in [-0.39, 0.29) is 0 Å². The van der Waals surface area contributed by atoms with Crippen molar-refractivity contribution in [1.82, 2.24) is 4.72 Å². The smallest absolute Gasteiger partial charge is 0.252 e. The number of carboxylic acid groups (broad SMARTS) is 1. The van der Waals surface area contributed by atoms with Crippen LogP contribution in [0.1, 0.15) is 6.42 Å². The normalized spacial score (nSPS) is 31.5. The minimum Gasteiger partial charge on any atom is -0.735 e. The van der Waals surface area contributed by atoms with Gasteiger partial charge < -0.3 is 47.1 Å². The highest BCUT2D eigenvalue weighted by Gasteiger charge is 2.46. The van der Waals surface area contributed by atoms with Gasteiger partial charge in [0.25, 0.3) is 6.16 Å². The fourth-order valence-corrected chi connectivity index (χ4v) is 5.24. The maximum atomic E-state index is 11.3. The minimum atomic E-state index is -5.67. The molecule has 2 heterocycles. The molecule has 0 spiro atoms. The Kier molecular flexibility index (Phi) is 10.7. The van der Waals surface area contributed by atoms with E-state index >= 15 is 0 Å². The second-order valence-corrected chi connectivity index (χ2v) is 11.5. The van der Waals surface area contributed by atoms with Gasteiger partial charge in [-0.25, -0.2) is 38.4 Å². The molecule has 38 heavy (non-hydrogen) atoms. The van der Waals surface area contributed by atoms with Crippen molar-refractivity contribution in [2.75, 3.05) is 19.8 Å². The molecule has 0 bridgehead atoms. The highest BCUT2D eigenvalue weighted by Crippen LogP contribution is 2.29. The average Bonchev–Trinajstić information content (AvgIpc) is 2.67. The van der Waals surface area contributed by atoms with E-state index in [4.69, 9.17) is 14.2 Å². The minimum absolute atomic E-state index is 0.741. The molecule has 0 aliphatic carbocycles.